The van der Waals surface area contributed by atoms with Gasteiger partial charge in [-0.25, -0.2) is 9.97 Å². The number of nitrogens with zero attached hydrogens (tertiary/aromatic N) is 3. The molecule has 0 radical (unpaired) electrons. The number of hydrogen-bond donors (Lipinski definition) is 0. The number of non-ortho nitro benzene ring substituents is 1. The molecule has 0 bridgehead atoms. The van der Waals surface area contributed by atoms with Gasteiger partial charge in [-0.2, -0.15) is 0 Å². The van der Waals surface area contributed by atoms with Crippen molar-refractivity contribution in [1.82, 2.24) is 9.97 Å². The summed E-state index contributed by atoms with van der Waals surface area (Å²) in [5.41, 5.74) is 4.56. The van der Waals surface area contributed by atoms with Gasteiger partial charge in [-0.15, -0.1) is 0 Å². The molecule has 0 fully saturated rings. The third-order valence-electron chi connectivity index (χ3n) is 3.73. The van der Waals surface area contributed by atoms with E-state index in [0.717, 1.165) is 16.7 Å². The fourth-order valence-electron chi connectivity index (χ4n) is 2.61. The SMILES string of the molecule is CC(C)=Cc1nc(-c2ccccc2C)c2cc([N+](=O)[O-])ccc2n1. The van der Waals surface area contributed by atoms with E-state index in [0.29, 0.717) is 22.4 Å². The van der Waals surface area contributed by atoms with Crippen LogP contribution < -0.4 is 0 Å². The Morgan fingerprint density at radius 3 is 2.54 bits per heavy atom. The zero-order valence-electron chi connectivity index (χ0n) is 13.8. The van der Waals surface area contributed by atoms with Gasteiger partial charge >= 0.3 is 0 Å². The lowest BCUT2D eigenvalue weighted by Crippen LogP contribution is -1.97. The maximum absolute atomic E-state index is 11.1. The Hall–Kier alpha value is -3.08. The van der Waals surface area contributed by atoms with E-state index in [2.05, 4.69) is 9.97 Å². The Morgan fingerprint density at radius 2 is 1.88 bits per heavy atom. The third-order valence-corrected chi connectivity index (χ3v) is 3.73. The average Bonchev–Trinajstić information content (AvgIpc) is 2.53. The fraction of sp³-hybridized carbons (Fsp3) is 0.158. The van der Waals surface area contributed by atoms with Gasteiger partial charge in [0, 0.05) is 23.1 Å². The molecule has 0 unspecified atom stereocenters. The van der Waals surface area contributed by atoms with Crippen LogP contribution in [0, 0.1) is 17.0 Å². The van der Waals surface area contributed by atoms with Gasteiger partial charge in [-0.3, -0.25) is 10.1 Å². The number of fused-ring (bicyclic) bond motifs is 1. The Labute approximate surface area is 139 Å². The molecule has 0 saturated carbocycles. The molecular weight excluding hydrogens is 302 g/mol. The molecule has 5 nitrogen and oxygen atoms in total. The minimum atomic E-state index is -0.398. The Morgan fingerprint density at radius 1 is 1.12 bits per heavy atom. The average molecular weight is 319 g/mol. The molecule has 3 aromatic rings. The summed E-state index contributed by atoms with van der Waals surface area (Å²) in [7, 11) is 0. The summed E-state index contributed by atoms with van der Waals surface area (Å²) in [6, 6.07) is 12.6. The van der Waals surface area contributed by atoms with E-state index < -0.39 is 4.92 Å². The first kappa shape index (κ1) is 15.8. The van der Waals surface area contributed by atoms with Crippen molar-refractivity contribution in [2.45, 2.75) is 20.8 Å². The van der Waals surface area contributed by atoms with Gasteiger partial charge in [0.15, 0.2) is 5.82 Å². The molecule has 1 aromatic heterocycles. The molecule has 0 amide bonds. The van der Waals surface area contributed by atoms with Gasteiger partial charge in [-0.1, -0.05) is 29.8 Å². The van der Waals surface area contributed by atoms with E-state index in [9.17, 15) is 10.1 Å². The van der Waals surface area contributed by atoms with E-state index in [1.807, 2.05) is 51.1 Å². The highest BCUT2D eigenvalue weighted by atomic mass is 16.6. The summed E-state index contributed by atoms with van der Waals surface area (Å²) in [6.07, 6.45) is 1.91. The first-order valence-electron chi connectivity index (χ1n) is 7.63. The van der Waals surface area contributed by atoms with Gasteiger partial charge in [-0.05, 0) is 38.5 Å². The number of rotatable bonds is 3. The molecule has 0 atom stereocenters. The number of benzene rings is 2. The minimum Gasteiger partial charge on any atom is -0.258 e. The van der Waals surface area contributed by atoms with Crippen LogP contribution in [0.25, 0.3) is 28.2 Å². The Kier molecular flexibility index (Phi) is 4.08. The molecular formula is C19H17N3O2. The first-order valence-corrected chi connectivity index (χ1v) is 7.63. The largest absolute Gasteiger partial charge is 0.270 e. The Balaban J connectivity index is 2.38. The van der Waals surface area contributed by atoms with Gasteiger partial charge in [0.05, 0.1) is 16.1 Å². The second kappa shape index (κ2) is 6.20. The predicted octanol–water partition coefficient (Wildman–Crippen LogP) is 4.94. The number of aryl methyl sites for hydroxylation is 1. The van der Waals surface area contributed by atoms with Crippen molar-refractivity contribution in [2.75, 3.05) is 0 Å². The van der Waals surface area contributed by atoms with E-state index in [-0.39, 0.29) is 5.69 Å². The van der Waals surface area contributed by atoms with Crippen LogP contribution in [-0.4, -0.2) is 14.9 Å². The van der Waals surface area contributed by atoms with Crippen molar-refractivity contribution >= 4 is 22.7 Å². The maximum Gasteiger partial charge on any atom is 0.270 e. The maximum atomic E-state index is 11.1. The number of allylic oxidation sites excluding steroid dienone is 1. The second-order valence-electron chi connectivity index (χ2n) is 5.93. The molecule has 0 saturated heterocycles. The van der Waals surface area contributed by atoms with Crippen molar-refractivity contribution in [3.05, 3.63) is 69.5 Å². The van der Waals surface area contributed by atoms with Crippen LogP contribution in [0.3, 0.4) is 0 Å². The predicted molar refractivity (Wildman–Crippen MR) is 95.7 cm³/mol. The summed E-state index contributed by atoms with van der Waals surface area (Å²) in [4.78, 5) is 19.9. The summed E-state index contributed by atoms with van der Waals surface area (Å²) >= 11 is 0. The molecule has 120 valence electrons. The van der Waals surface area contributed by atoms with E-state index in [1.54, 1.807) is 12.1 Å². The monoisotopic (exact) mass is 319 g/mol. The summed E-state index contributed by atoms with van der Waals surface area (Å²) in [5.74, 6) is 0.606. The van der Waals surface area contributed by atoms with E-state index >= 15 is 0 Å². The molecule has 2 aromatic carbocycles. The zero-order valence-corrected chi connectivity index (χ0v) is 13.8. The molecule has 0 N–H and O–H groups in total. The molecule has 1 heterocycles. The number of nitro groups is 1. The van der Waals surface area contributed by atoms with Crippen molar-refractivity contribution in [1.29, 1.82) is 0 Å². The highest BCUT2D eigenvalue weighted by Gasteiger charge is 2.14. The molecule has 0 spiro atoms. The van der Waals surface area contributed by atoms with Crippen molar-refractivity contribution in [3.63, 3.8) is 0 Å². The van der Waals surface area contributed by atoms with Crippen LogP contribution in [0.5, 0.6) is 0 Å². The van der Waals surface area contributed by atoms with E-state index in [1.165, 1.54) is 6.07 Å². The summed E-state index contributed by atoms with van der Waals surface area (Å²) in [6.45, 7) is 5.97. The highest BCUT2D eigenvalue weighted by molar-refractivity contribution is 5.94. The summed E-state index contributed by atoms with van der Waals surface area (Å²) in [5, 5.41) is 11.8. The van der Waals surface area contributed by atoms with Crippen molar-refractivity contribution in [2.24, 2.45) is 0 Å². The van der Waals surface area contributed by atoms with Crippen LogP contribution in [0.2, 0.25) is 0 Å². The quantitative estimate of drug-likeness (QED) is 0.506. The first-order chi connectivity index (χ1) is 11.5. The number of hydrogen-bond acceptors (Lipinski definition) is 4. The topological polar surface area (TPSA) is 68.9 Å². The second-order valence-corrected chi connectivity index (χ2v) is 5.93. The van der Waals surface area contributed by atoms with Crippen molar-refractivity contribution < 1.29 is 4.92 Å². The fourth-order valence-corrected chi connectivity index (χ4v) is 2.61. The zero-order chi connectivity index (χ0) is 17.3. The lowest BCUT2D eigenvalue weighted by molar-refractivity contribution is -0.384. The smallest absolute Gasteiger partial charge is 0.258 e. The molecule has 5 heteroatoms. The third kappa shape index (κ3) is 3.01. The van der Waals surface area contributed by atoms with Gasteiger partial charge < -0.3 is 0 Å². The normalized spacial score (nSPS) is 10.6. The minimum absolute atomic E-state index is 0.0379. The van der Waals surface area contributed by atoms with Gasteiger partial charge in [0.2, 0.25) is 0 Å². The lowest BCUT2D eigenvalue weighted by Gasteiger charge is -2.10. The number of aromatic nitrogens is 2. The van der Waals surface area contributed by atoms with Crippen LogP contribution in [0.1, 0.15) is 25.2 Å². The summed E-state index contributed by atoms with van der Waals surface area (Å²) < 4.78 is 0. The van der Waals surface area contributed by atoms with Crippen LogP contribution in [0.4, 0.5) is 5.69 Å². The number of nitro benzene ring substituents is 1. The van der Waals surface area contributed by atoms with Crippen LogP contribution in [-0.2, 0) is 0 Å². The van der Waals surface area contributed by atoms with E-state index in [4.69, 9.17) is 0 Å². The van der Waals surface area contributed by atoms with Gasteiger partial charge in [0.25, 0.3) is 5.69 Å². The lowest BCUT2D eigenvalue weighted by atomic mass is 10.0. The molecule has 0 aliphatic heterocycles. The highest BCUT2D eigenvalue weighted by Crippen LogP contribution is 2.31. The molecule has 0 aliphatic carbocycles. The standard InChI is InChI=1S/C19H17N3O2/c1-12(2)10-18-20-17-9-8-14(22(23)24)11-16(17)19(21-18)15-7-5-4-6-13(15)3/h4-11H,1-3H3. The molecule has 3 rings (SSSR count). The van der Waals surface area contributed by atoms with Crippen LogP contribution in [0.15, 0.2) is 48.0 Å². The van der Waals surface area contributed by atoms with Crippen LogP contribution >= 0.6 is 0 Å². The van der Waals surface area contributed by atoms with Gasteiger partial charge in [0.1, 0.15) is 0 Å². The van der Waals surface area contributed by atoms with Crippen molar-refractivity contribution in [3.8, 4) is 11.3 Å². The molecule has 24 heavy (non-hydrogen) atoms. The molecule has 0 aliphatic rings. The Bertz CT molecular complexity index is 974.